The summed E-state index contributed by atoms with van der Waals surface area (Å²) in [5, 5.41) is 6.52. The van der Waals surface area contributed by atoms with E-state index in [0.29, 0.717) is 6.42 Å². The molecule has 2 rings (SSSR count). The van der Waals surface area contributed by atoms with Gasteiger partial charge in [-0.2, -0.15) is 0 Å². The van der Waals surface area contributed by atoms with Crippen molar-refractivity contribution in [2.45, 2.75) is 46.1 Å². The third-order valence-corrected chi connectivity index (χ3v) is 4.18. The molecule has 5 nitrogen and oxygen atoms in total. The van der Waals surface area contributed by atoms with E-state index in [1.54, 1.807) is 0 Å². The second-order valence-electron chi connectivity index (χ2n) is 6.12. The molecule has 0 aliphatic carbocycles. The Balaban J connectivity index is 1.72. The number of nitrogens with zero attached hydrogens (tertiary/aromatic N) is 2. The smallest absolute Gasteiger partial charge is 0.222 e. The Bertz CT molecular complexity index is 556. The molecule has 0 spiro atoms. The zero-order chi connectivity index (χ0) is 17.2. The first-order chi connectivity index (χ1) is 11.7. The first-order valence-electron chi connectivity index (χ1n) is 9.11. The molecule has 1 amide bonds. The topological polar surface area (TPSA) is 56.7 Å². The maximum atomic E-state index is 12.4. The van der Waals surface area contributed by atoms with Gasteiger partial charge in [0.2, 0.25) is 5.91 Å². The van der Waals surface area contributed by atoms with Crippen LogP contribution in [0.2, 0.25) is 0 Å². The van der Waals surface area contributed by atoms with Gasteiger partial charge in [-0.3, -0.25) is 9.79 Å². The fraction of sp³-hybridized carbons (Fsp3) is 0.579. The van der Waals surface area contributed by atoms with Gasteiger partial charge in [0.05, 0.1) is 0 Å². The predicted molar refractivity (Wildman–Crippen MR) is 99.1 cm³/mol. The SMILES string of the molecule is CCCN=C(NCC)NCCCC(=O)N1CCc2ccccc2C1. The summed E-state index contributed by atoms with van der Waals surface area (Å²) in [6, 6.07) is 8.42. The lowest BCUT2D eigenvalue weighted by atomic mass is 9.99. The van der Waals surface area contributed by atoms with Crippen LogP contribution in [-0.2, 0) is 17.8 Å². The largest absolute Gasteiger partial charge is 0.357 e. The van der Waals surface area contributed by atoms with Crippen molar-refractivity contribution in [3.63, 3.8) is 0 Å². The molecule has 24 heavy (non-hydrogen) atoms. The number of guanidine groups is 1. The molecule has 132 valence electrons. The van der Waals surface area contributed by atoms with Crippen LogP contribution in [0.5, 0.6) is 0 Å². The maximum Gasteiger partial charge on any atom is 0.222 e. The molecule has 0 fully saturated rings. The Kier molecular flexibility index (Phi) is 7.59. The van der Waals surface area contributed by atoms with Gasteiger partial charge < -0.3 is 15.5 Å². The van der Waals surface area contributed by atoms with E-state index in [0.717, 1.165) is 57.9 Å². The minimum Gasteiger partial charge on any atom is -0.357 e. The molecule has 5 heteroatoms. The van der Waals surface area contributed by atoms with Crippen molar-refractivity contribution in [2.24, 2.45) is 4.99 Å². The van der Waals surface area contributed by atoms with Gasteiger partial charge in [-0.25, -0.2) is 0 Å². The summed E-state index contributed by atoms with van der Waals surface area (Å²) in [6.07, 6.45) is 3.41. The number of hydrogen-bond donors (Lipinski definition) is 2. The van der Waals surface area contributed by atoms with Crippen molar-refractivity contribution >= 4 is 11.9 Å². The van der Waals surface area contributed by atoms with Gasteiger partial charge in [0.15, 0.2) is 5.96 Å². The van der Waals surface area contributed by atoms with E-state index in [1.807, 2.05) is 4.90 Å². The molecule has 0 saturated carbocycles. The number of fused-ring (bicyclic) bond motifs is 1. The van der Waals surface area contributed by atoms with Gasteiger partial charge in [0.25, 0.3) is 0 Å². The van der Waals surface area contributed by atoms with Crippen molar-refractivity contribution < 1.29 is 4.79 Å². The lowest BCUT2D eigenvalue weighted by Crippen LogP contribution is -2.39. The lowest BCUT2D eigenvalue weighted by molar-refractivity contribution is -0.132. The predicted octanol–water partition coefficient (Wildman–Crippen LogP) is 2.32. The van der Waals surface area contributed by atoms with Gasteiger partial charge in [-0.1, -0.05) is 31.2 Å². The lowest BCUT2D eigenvalue weighted by Gasteiger charge is -2.29. The van der Waals surface area contributed by atoms with Crippen molar-refractivity contribution in [1.82, 2.24) is 15.5 Å². The summed E-state index contributed by atoms with van der Waals surface area (Å²) in [6.45, 7) is 8.20. The highest BCUT2D eigenvalue weighted by Crippen LogP contribution is 2.19. The molecule has 1 aliphatic heterocycles. The summed E-state index contributed by atoms with van der Waals surface area (Å²) in [4.78, 5) is 18.9. The third-order valence-electron chi connectivity index (χ3n) is 4.18. The van der Waals surface area contributed by atoms with Crippen molar-refractivity contribution in [3.8, 4) is 0 Å². The molecule has 1 aromatic carbocycles. The normalized spacial score (nSPS) is 14.2. The maximum absolute atomic E-state index is 12.4. The van der Waals surface area contributed by atoms with E-state index in [1.165, 1.54) is 11.1 Å². The Morgan fingerprint density at radius 2 is 2.00 bits per heavy atom. The average molecular weight is 330 g/mol. The quantitative estimate of drug-likeness (QED) is 0.458. The van der Waals surface area contributed by atoms with Crippen LogP contribution >= 0.6 is 0 Å². The van der Waals surface area contributed by atoms with E-state index < -0.39 is 0 Å². The molecule has 0 atom stereocenters. The van der Waals surface area contributed by atoms with E-state index in [9.17, 15) is 4.79 Å². The van der Waals surface area contributed by atoms with Crippen molar-refractivity contribution in [3.05, 3.63) is 35.4 Å². The molecule has 1 aliphatic rings. The average Bonchev–Trinajstić information content (AvgIpc) is 2.62. The van der Waals surface area contributed by atoms with Crippen LogP contribution in [0, 0.1) is 0 Å². The Morgan fingerprint density at radius 3 is 2.75 bits per heavy atom. The minimum absolute atomic E-state index is 0.252. The standard InChI is InChI=1S/C19H30N4O/c1-3-12-21-19(20-4-2)22-13-7-10-18(24)23-14-11-16-8-5-6-9-17(16)15-23/h5-6,8-9H,3-4,7,10-15H2,1-2H3,(H2,20,21,22). The summed E-state index contributed by atoms with van der Waals surface area (Å²) >= 11 is 0. The van der Waals surface area contributed by atoms with Gasteiger partial charge >= 0.3 is 0 Å². The number of benzene rings is 1. The summed E-state index contributed by atoms with van der Waals surface area (Å²) < 4.78 is 0. The van der Waals surface area contributed by atoms with Gasteiger partial charge in [-0.05, 0) is 37.3 Å². The molecule has 0 saturated heterocycles. The Labute approximate surface area is 145 Å². The van der Waals surface area contributed by atoms with Crippen LogP contribution < -0.4 is 10.6 Å². The fourth-order valence-corrected chi connectivity index (χ4v) is 2.88. The summed E-state index contributed by atoms with van der Waals surface area (Å²) in [5.41, 5.74) is 2.67. The molecule has 1 aromatic rings. The van der Waals surface area contributed by atoms with Crippen LogP contribution in [-0.4, -0.2) is 42.9 Å². The molecule has 0 bridgehead atoms. The van der Waals surface area contributed by atoms with Crippen LogP contribution in [0.3, 0.4) is 0 Å². The van der Waals surface area contributed by atoms with Crippen LogP contribution in [0.25, 0.3) is 0 Å². The number of carbonyl (C=O) groups excluding carboxylic acids is 1. The number of hydrogen-bond acceptors (Lipinski definition) is 2. The van der Waals surface area contributed by atoms with Gasteiger partial charge in [0.1, 0.15) is 0 Å². The molecule has 2 N–H and O–H groups in total. The highest BCUT2D eigenvalue weighted by molar-refractivity contribution is 5.80. The monoisotopic (exact) mass is 330 g/mol. The van der Waals surface area contributed by atoms with Crippen molar-refractivity contribution in [1.29, 1.82) is 0 Å². The second kappa shape index (κ2) is 9.96. The van der Waals surface area contributed by atoms with E-state index in [-0.39, 0.29) is 5.91 Å². The first-order valence-corrected chi connectivity index (χ1v) is 9.11. The third kappa shape index (κ3) is 5.55. The number of amides is 1. The Morgan fingerprint density at radius 1 is 1.21 bits per heavy atom. The van der Waals surface area contributed by atoms with Gasteiger partial charge in [-0.15, -0.1) is 0 Å². The Hall–Kier alpha value is -2.04. The summed E-state index contributed by atoms with van der Waals surface area (Å²) in [5.74, 6) is 1.10. The van der Waals surface area contributed by atoms with E-state index >= 15 is 0 Å². The second-order valence-corrected chi connectivity index (χ2v) is 6.12. The zero-order valence-corrected chi connectivity index (χ0v) is 15.0. The molecule has 0 radical (unpaired) electrons. The number of rotatable bonds is 7. The van der Waals surface area contributed by atoms with Crippen molar-refractivity contribution in [2.75, 3.05) is 26.2 Å². The van der Waals surface area contributed by atoms with E-state index in [2.05, 4.69) is 53.7 Å². The highest BCUT2D eigenvalue weighted by Gasteiger charge is 2.19. The number of nitrogens with one attached hydrogen (secondary N) is 2. The molecule has 1 heterocycles. The minimum atomic E-state index is 0.252. The highest BCUT2D eigenvalue weighted by atomic mass is 16.2. The molecular weight excluding hydrogens is 300 g/mol. The molecule has 0 unspecified atom stereocenters. The van der Waals surface area contributed by atoms with Crippen LogP contribution in [0.1, 0.15) is 44.2 Å². The first kappa shape index (κ1) is 18.3. The van der Waals surface area contributed by atoms with Crippen LogP contribution in [0.15, 0.2) is 29.3 Å². The van der Waals surface area contributed by atoms with Gasteiger partial charge in [0, 0.05) is 39.1 Å². The number of aliphatic imine (C=N–C) groups is 1. The zero-order valence-electron chi connectivity index (χ0n) is 15.0. The molecular formula is C19H30N4O. The summed E-state index contributed by atoms with van der Waals surface area (Å²) in [7, 11) is 0. The molecule has 0 aromatic heterocycles. The number of carbonyl (C=O) groups is 1. The van der Waals surface area contributed by atoms with Crippen LogP contribution in [0.4, 0.5) is 0 Å². The van der Waals surface area contributed by atoms with E-state index in [4.69, 9.17) is 0 Å². The fourth-order valence-electron chi connectivity index (χ4n) is 2.88.